The van der Waals surface area contributed by atoms with Crippen LogP contribution in [0.4, 0.5) is 0 Å². The zero-order chi connectivity index (χ0) is 11.8. The summed E-state index contributed by atoms with van der Waals surface area (Å²) in [4.78, 5) is 13.5. The molecule has 1 atom stereocenters. The minimum atomic E-state index is 0.155. The Kier molecular flexibility index (Phi) is 6.42. The topological polar surface area (TPSA) is 41.6 Å². The summed E-state index contributed by atoms with van der Waals surface area (Å²) in [6.45, 7) is 5.01. The molecule has 1 aliphatic heterocycles. The van der Waals surface area contributed by atoms with Gasteiger partial charge in [-0.1, -0.05) is 6.92 Å². The van der Waals surface area contributed by atoms with Gasteiger partial charge in [-0.3, -0.25) is 4.79 Å². The first kappa shape index (κ1) is 13.5. The van der Waals surface area contributed by atoms with Crippen LogP contribution in [0, 0.1) is 0 Å². The van der Waals surface area contributed by atoms with Gasteiger partial charge in [0.25, 0.3) is 0 Å². The Hall–Kier alpha value is -0.610. The van der Waals surface area contributed by atoms with Crippen molar-refractivity contribution in [2.24, 2.45) is 0 Å². The van der Waals surface area contributed by atoms with Crippen LogP contribution in [0.2, 0.25) is 0 Å². The number of amides is 1. The summed E-state index contributed by atoms with van der Waals surface area (Å²) < 4.78 is 5.61. The average Bonchev–Trinajstić information content (AvgIpc) is 2.30. The maximum Gasteiger partial charge on any atom is 0.236 e. The van der Waals surface area contributed by atoms with Crippen molar-refractivity contribution >= 4 is 5.91 Å². The molecule has 0 aliphatic carbocycles. The SMILES string of the molecule is CCCNCC(=O)N(C)CC1CCCCO1. The molecule has 0 spiro atoms. The van der Waals surface area contributed by atoms with Crippen molar-refractivity contribution in [3.8, 4) is 0 Å². The number of carbonyl (C=O) groups is 1. The Bertz CT molecular complexity index is 203. The van der Waals surface area contributed by atoms with E-state index in [0.717, 1.165) is 39.0 Å². The number of nitrogens with zero attached hydrogens (tertiary/aromatic N) is 1. The molecule has 4 heteroatoms. The molecule has 1 fully saturated rings. The molecule has 1 heterocycles. The van der Waals surface area contributed by atoms with E-state index in [-0.39, 0.29) is 12.0 Å². The van der Waals surface area contributed by atoms with Crippen LogP contribution in [-0.2, 0) is 9.53 Å². The largest absolute Gasteiger partial charge is 0.376 e. The first-order valence-electron chi connectivity index (χ1n) is 6.30. The summed E-state index contributed by atoms with van der Waals surface area (Å²) in [7, 11) is 1.86. The Morgan fingerprint density at radius 2 is 2.31 bits per heavy atom. The van der Waals surface area contributed by atoms with Crippen molar-refractivity contribution in [1.82, 2.24) is 10.2 Å². The molecule has 1 N–H and O–H groups in total. The Morgan fingerprint density at radius 1 is 1.50 bits per heavy atom. The van der Waals surface area contributed by atoms with E-state index in [2.05, 4.69) is 12.2 Å². The molecule has 94 valence electrons. The lowest BCUT2D eigenvalue weighted by Crippen LogP contribution is -2.41. The number of hydrogen-bond donors (Lipinski definition) is 1. The molecule has 0 bridgehead atoms. The maximum atomic E-state index is 11.7. The van der Waals surface area contributed by atoms with Gasteiger partial charge in [0, 0.05) is 20.2 Å². The van der Waals surface area contributed by atoms with E-state index in [4.69, 9.17) is 4.74 Å². The first-order valence-corrected chi connectivity index (χ1v) is 6.30. The summed E-state index contributed by atoms with van der Waals surface area (Å²) in [5, 5.41) is 3.12. The monoisotopic (exact) mass is 228 g/mol. The smallest absolute Gasteiger partial charge is 0.236 e. The van der Waals surface area contributed by atoms with Crippen LogP contribution >= 0.6 is 0 Å². The Morgan fingerprint density at radius 3 is 2.94 bits per heavy atom. The number of rotatable bonds is 6. The third-order valence-corrected chi connectivity index (χ3v) is 2.88. The van der Waals surface area contributed by atoms with E-state index in [1.807, 2.05) is 7.05 Å². The van der Waals surface area contributed by atoms with Gasteiger partial charge < -0.3 is 15.0 Å². The Balaban J connectivity index is 2.16. The van der Waals surface area contributed by atoms with E-state index in [1.54, 1.807) is 4.90 Å². The molecule has 0 aromatic carbocycles. The van der Waals surface area contributed by atoms with Gasteiger partial charge in [-0.15, -0.1) is 0 Å². The standard InChI is InChI=1S/C12H24N2O2/c1-3-7-13-9-12(15)14(2)10-11-6-4-5-8-16-11/h11,13H,3-10H2,1-2H3. The second kappa shape index (κ2) is 7.63. The lowest BCUT2D eigenvalue weighted by molar-refractivity contribution is -0.131. The van der Waals surface area contributed by atoms with Gasteiger partial charge in [-0.2, -0.15) is 0 Å². The first-order chi connectivity index (χ1) is 7.74. The molecule has 16 heavy (non-hydrogen) atoms. The zero-order valence-corrected chi connectivity index (χ0v) is 10.5. The van der Waals surface area contributed by atoms with Gasteiger partial charge >= 0.3 is 0 Å². The quantitative estimate of drug-likeness (QED) is 0.690. The van der Waals surface area contributed by atoms with Gasteiger partial charge in [0.1, 0.15) is 0 Å². The molecule has 1 aliphatic rings. The van der Waals surface area contributed by atoms with Crippen molar-refractivity contribution in [1.29, 1.82) is 0 Å². The van der Waals surface area contributed by atoms with Gasteiger partial charge in [0.2, 0.25) is 5.91 Å². The summed E-state index contributed by atoms with van der Waals surface area (Å²) >= 11 is 0. The van der Waals surface area contributed by atoms with Crippen LogP contribution in [-0.4, -0.2) is 50.2 Å². The van der Waals surface area contributed by atoms with E-state index >= 15 is 0 Å². The summed E-state index contributed by atoms with van der Waals surface area (Å²) in [6, 6.07) is 0. The van der Waals surface area contributed by atoms with Crippen LogP contribution in [0.5, 0.6) is 0 Å². The van der Waals surface area contributed by atoms with Gasteiger partial charge in [0.05, 0.1) is 12.6 Å². The molecule has 1 unspecified atom stereocenters. The van der Waals surface area contributed by atoms with Crippen molar-refractivity contribution in [2.75, 3.05) is 33.3 Å². The van der Waals surface area contributed by atoms with E-state index in [1.165, 1.54) is 6.42 Å². The van der Waals surface area contributed by atoms with Crippen LogP contribution in [0.15, 0.2) is 0 Å². The highest BCUT2D eigenvalue weighted by molar-refractivity contribution is 5.77. The predicted molar refractivity (Wildman–Crippen MR) is 64.4 cm³/mol. The summed E-state index contributed by atoms with van der Waals surface area (Å²) in [5.74, 6) is 0.155. The van der Waals surface area contributed by atoms with Gasteiger partial charge in [0.15, 0.2) is 0 Å². The van der Waals surface area contributed by atoms with E-state index in [9.17, 15) is 4.79 Å². The number of carbonyl (C=O) groups excluding carboxylic acids is 1. The third-order valence-electron chi connectivity index (χ3n) is 2.88. The van der Waals surface area contributed by atoms with Crippen LogP contribution < -0.4 is 5.32 Å². The van der Waals surface area contributed by atoms with Gasteiger partial charge in [-0.25, -0.2) is 0 Å². The number of nitrogens with one attached hydrogen (secondary N) is 1. The molecule has 1 rings (SSSR count). The minimum Gasteiger partial charge on any atom is -0.376 e. The number of hydrogen-bond acceptors (Lipinski definition) is 3. The molecular weight excluding hydrogens is 204 g/mol. The number of likely N-dealkylation sites (N-methyl/N-ethyl adjacent to an activating group) is 1. The lowest BCUT2D eigenvalue weighted by Gasteiger charge is -2.27. The normalized spacial score (nSPS) is 20.8. The predicted octanol–water partition coefficient (Wildman–Crippen LogP) is 1.01. The van der Waals surface area contributed by atoms with Crippen LogP contribution in [0.3, 0.4) is 0 Å². The molecule has 1 amide bonds. The summed E-state index contributed by atoms with van der Waals surface area (Å²) in [5.41, 5.74) is 0. The fourth-order valence-electron chi connectivity index (χ4n) is 1.87. The van der Waals surface area contributed by atoms with Crippen LogP contribution in [0.25, 0.3) is 0 Å². The zero-order valence-electron chi connectivity index (χ0n) is 10.5. The molecule has 0 aromatic rings. The van der Waals surface area contributed by atoms with Crippen molar-refractivity contribution in [3.63, 3.8) is 0 Å². The van der Waals surface area contributed by atoms with Crippen molar-refractivity contribution in [3.05, 3.63) is 0 Å². The molecule has 4 nitrogen and oxygen atoms in total. The highest BCUT2D eigenvalue weighted by Gasteiger charge is 2.18. The summed E-state index contributed by atoms with van der Waals surface area (Å²) in [6.07, 6.45) is 4.77. The Labute approximate surface area is 98.3 Å². The molecule has 0 saturated carbocycles. The molecule has 1 saturated heterocycles. The van der Waals surface area contributed by atoms with Crippen molar-refractivity contribution in [2.45, 2.75) is 38.7 Å². The number of ether oxygens (including phenoxy) is 1. The third kappa shape index (κ3) is 4.94. The molecule has 0 aromatic heterocycles. The van der Waals surface area contributed by atoms with Gasteiger partial charge in [-0.05, 0) is 32.2 Å². The van der Waals surface area contributed by atoms with Crippen LogP contribution in [0.1, 0.15) is 32.6 Å². The fourth-order valence-corrected chi connectivity index (χ4v) is 1.87. The van der Waals surface area contributed by atoms with E-state index in [0.29, 0.717) is 6.54 Å². The minimum absolute atomic E-state index is 0.155. The van der Waals surface area contributed by atoms with Crippen molar-refractivity contribution < 1.29 is 9.53 Å². The highest BCUT2D eigenvalue weighted by Crippen LogP contribution is 2.13. The molecule has 0 radical (unpaired) electrons. The van der Waals surface area contributed by atoms with E-state index < -0.39 is 0 Å². The second-order valence-corrected chi connectivity index (χ2v) is 4.44. The molecular formula is C12H24N2O2. The second-order valence-electron chi connectivity index (χ2n) is 4.44. The lowest BCUT2D eigenvalue weighted by atomic mass is 10.1. The fraction of sp³-hybridized carbons (Fsp3) is 0.917. The average molecular weight is 228 g/mol. The maximum absolute atomic E-state index is 11.7. The highest BCUT2D eigenvalue weighted by atomic mass is 16.5.